The number of sulfonamides is 1. The Morgan fingerprint density at radius 1 is 1.53 bits per heavy atom. The Labute approximate surface area is 111 Å². The van der Waals surface area contributed by atoms with Crippen molar-refractivity contribution in [1.29, 1.82) is 0 Å². The molecule has 0 unspecified atom stereocenters. The maximum atomic E-state index is 11.7. The molecule has 106 valence electrons. The zero-order chi connectivity index (χ0) is 14.0. The molecule has 19 heavy (non-hydrogen) atoms. The summed E-state index contributed by atoms with van der Waals surface area (Å²) in [7, 11) is -3.25. The first-order valence-corrected chi connectivity index (χ1v) is 7.83. The summed E-state index contributed by atoms with van der Waals surface area (Å²) in [5.41, 5.74) is -0.137. The third-order valence-electron chi connectivity index (χ3n) is 3.15. The van der Waals surface area contributed by atoms with Crippen molar-refractivity contribution in [2.75, 3.05) is 12.8 Å². The maximum Gasteiger partial charge on any atom is 0.358 e. The third kappa shape index (κ3) is 3.29. The van der Waals surface area contributed by atoms with Crippen molar-refractivity contribution in [3.63, 3.8) is 0 Å². The Morgan fingerprint density at radius 2 is 2.26 bits per heavy atom. The second-order valence-electron chi connectivity index (χ2n) is 4.65. The summed E-state index contributed by atoms with van der Waals surface area (Å²) in [5, 5.41) is 16.0. The number of aromatic nitrogens is 3. The molecule has 9 heteroatoms. The van der Waals surface area contributed by atoms with Crippen LogP contribution in [0.1, 0.15) is 29.8 Å². The Bertz CT molecular complexity index is 568. The van der Waals surface area contributed by atoms with Crippen LogP contribution >= 0.6 is 0 Å². The molecule has 0 aromatic carbocycles. The van der Waals surface area contributed by atoms with Crippen molar-refractivity contribution in [3.05, 3.63) is 11.9 Å². The molecule has 0 saturated carbocycles. The van der Waals surface area contributed by atoms with E-state index in [1.54, 1.807) is 0 Å². The number of piperidine rings is 1. The first-order chi connectivity index (χ1) is 8.88. The molecule has 0 aliphatic carbocycles. The lowest BCUT2D eigenvalue weighted by molar-refractivity contribution is 0.0690. The number of carboxylic acids is 1. The van der Waals surface area contributed by atoms with Gasteiger partial charge in [-0.2, -0.15) is 4.31 Å². The molecule has 0 radical (unpaired) electrons. The quantitative estimate of drug-likeness (QED) is 0.822. The monoisotopic (exact) mass is 288 g/mol. The van der Waals surface area contributed by atoms with Crippen molar-refractivity contribution in [1.82, 2.24) is 19.3 Å². The SMILES string of the molecule is CS(=O)(=O)N1CCCC[C@H]1Cn1cc(C(=O)O)nn1. The van der Waals surface area contributed by atoms with Crippen LogP contribution < -0.4 is 0 Å². The lowest BCUT2D eigenvalue weighted by Crippen LogP contribution is -2.45. The second kappa shape index (κ2) is 5.25. The lowest BCUT2D eigenvalue weighted by atomic mass is 10.1. The van der Waals surface area contributed by atoms with Crippen LogP contribution in [0.5, 0.6) is 0 Å². The van der Waals surface area contributed by atoms with Gasteiger partial charge in [0.25, 0.3) is 0 Å². The Morgan fingerprint density at radius 3 is 2.84 bits per heavy atom. The van der Waals surface area contributed by atoms with E-state index in [2.05, 4.69) is 10.3 Å². The Hall–Kier alpha value is -1.48. The van der Waals surface area contributed by atoms with E-state index in [1.807, 2.05) is 0 Å². The summed E-state index contributed by atoms with van der Waals surface area (Å²) < 4.78 is 26.2. The molecule has 1 atom stereocenters. The van der Waals surface area contributed by atoms with E-state index in [9.17, 15) is 13.2 Å². The Balaban J connectivity index is 2.13. The molecule has 0 bridgehead atoms. The number of rotatable bonds is 4. The highest BCUT2D eigenvalue weighted by atomic mass is 32.2. The van der Waals surface area contributed by atoms with Gasteiger partial charge in [-0.1, -0.05) is 11.6 Å². The highest BCUT2D eigenvalue weighted by molar-refractivity contribution is 7.88. The zero-order valence-electron chi connectivity index (χ0n) is 10.6. The van der Waals surface area contributed by atoms with E-state index in [0.717, 1.165) is 19.3 Å². The van der Waals surface area contributed by atoms with Gasteiger partial charge in [0.05, 0.1) is 19.0 Å². The van der Waals surface area contributed by atoms with Gasteiger partial charge in [-0.25, -0.2) is 13.2 Å². The van der Waals surface area contributed by atoms with Crippen LogP contribution in [-0.4, -0.2) is 57.6 Å². The highest BCUT2D eigenvalue weighted by Gasteiger charge is 2.29. The number of carbonyl (C=O) groups is 1. The molecule has 1 aliphatic rings. The normalized spacial score (nSPS) is 21.4. The van der Waals surface area contributed by atoms with Gasteiger partial charge in [-0.05, 0) is 12.8 Å². The number of aromatic carboxylic acids is 1. The molecule has 0 spiro atoms. The number of nitrogens with zero attached hydrogens (tertiary/aromatic N) is 4. The molecule has 1 saturated heterocycles. The van der Waals surface area contributed by atoms with E-state index < -0.39 is 16.0 Å². The first-order valence-electron chi connectivity index (χ1n) is 5.98. The van der Waals surface area contributed by atoms with E-state index >= 15 is 0 Å². The fraction of sp³-hybridized carbons (Fsp3) is 0.700. The topological polar surface area (TPSA) is 105 Å². The summed E-state index contributed by atoms with van der Waals surface area (Å²) in [6.07, 6.45) is 5.06. The second-order valence-corrected chi connectivity index (χ2v) is 6.59. The maximum absolute atomic E-state index is 11.7. The molecule has 2 rings (SSSR count). The van der Waals surface area contributed by atoms with Gasteiger partial charge in [0.15, 0.2) is 5.69 Å². The summed E-state index contributed by atoms with van der Waals surface area (Å²) in [4.78, 5) is 10.7. The fourth-order valence-electron chi connectivity index (χ4n) is 2.29. The number of hydrogen-bond acceptors (Lipinski definition) is 5. The fourth-order valence-corrected chi connectivity index (χ4v) is 3.47. The average molecular weight is 288 g/mol. The molecule has 1 fully saturated rings. The minimum absolute atomic E-state index is 0.137. The van der Waals surface area contributed by atoms with Crippen molar-refractivity contribution < 1.29 is 18.3 Å². The van der Waals surface area contributed by atoms with Crippen LogP contribution in [0.4, 0.5) is 0 Å². The minimum Gasteiger partial charge on any atom is -0.476 e. The molecular weight excluding hydrogens is 272 g/mol. The van der Waals surface area contributed by atoms with Crippen LogP contribution in [0.3, 0.4) is 0 Å². The average Bonchev–Trinajstić information content (AvgIpc) is 2.77. The largest absolute Gasteiger partial charge is 0.476 e. The van der Waals surface area contributed by atoms with E-state index in [1.165, 1.54) is 21.4 Å². The van der Waals surface area contributed by atoms with Crippen molar-refractivity contribution >= 4 is 16.0 Å². The number of hydrogen-bond donors (Lipinski definition) is 1. The van der Waals surface area contributed by atoms with Gasteiger partial charge in [-0.3, -0.25) is 4.68 Å². The van der Waals surface area contributed by atoms with Gasteiger partial charge in [0.1, 0.15) is 0 Å². The number of carboxylic acid groups (broad SMARTS) is 1. The van der Waals surface area contributed by atoms with Crippen LogP contribution in [0.2, 0.25) is 0 Å². The smallest absolute Gasteiger partial charge is 0.358 e. The predicted molar refractivity (Wildman–Crippen MR) is 66.2 cm³/mol. The minimum atomic E-state index is -3.25. The van der Waals surface area contributed by atoms with Gasteiger partial charge in [0, 0.05) is 12.6 Å². The van der Waals surface area contributed by atoms with Crippen molar-refractivity contribution in [2.45, 2.75) is 31.8 Å². The zero-order valence-corrected chi connectivity index (χ0v) is 11.4. The first kappa shape index (κ1) is 13.9. The van der Waals surface area contributed by atoms with Gasteiger partial charge >= 0.3 is 5.97 Å². The van der Waals surface area contributed by atoms with Crippen molar-refractivity contribution in [3.8, 4) is 0 Å². The van der Waals surface area contributed by atoms with E-state index in [4.69, 9.17) is 5.11 Å². The van der Waals surface area contributed by atoms with Crippen LogP contribution in [0.15, 0.2) is 6.20 Å². The van der Waals surface area contributed by atoms with Gasteiger partial charge < -0.3 is 5.11 Å². The molecule has 0 amide bonds. The standard InChI is InChI=1S/C10H16N4O4S/c1-19(17,18)14-5-3-2-4-8(14)6-13-7-9(10(15)16)11-12-13/h7-8H,2-6H2,1H3,(H,15,16)/t8-/m0/s1. The predicted octanol–water partition coefficient (Wildman–Crippen LogP) is -0.210. The van der Waals surface area contributed by atoms with Crippen LogP contribution in [0.25, 0.3) is 0 Å². The third-order valence-corrected chi connectivity index (χ3v) is 4.49. The van der Waals surface area contributed by atoms with Crippen LogP contribution in [-0.2, 0) is 16.6 Å². The summed E-state index contributed by atoms with van der Waals surface area (Å²) >= 11 is 0. The molecule has 2 heterocycles. The summed E-state index contributed by atoms with van der Waals surface area (Å²) in [5.74, 6) is -1.14. The molecule has 1 N–H and O–H groups in total. The van der Waals surface area contributed by atoms with E-state index in [0.29, 0.717) is 13.1 Å². The highest BCUT2D eigenvalue weighted by Crippen LogP contribution is 2.21. The van der Waals surface area contributed by atoms with Gasteiger partial charge in [0.2, 0.25) is 10.0 Å². The molecule has 1 aliphatic heterocycles. The molecule has 8 nitrogen and oxygen atoms in total. The van der Waals surface area contributed by atoms with Crippen molar-refractivity contribution in [2.24, 2.45) is 0 Å². The summed E-state index contributed by atoms with van der Waals surface area (Å²) in [6, 6.07) is -0.188. The molecule has 1 aromatic rings. The van der Waals surface area contributed by atoms with Gasteiger partial charge in [-0.15, -0.1) is 5.10 Å². The van der Waals surface area contributed by atoms with E-state index in [-0.39, 0.29) is 11.7 Å². The Kier molecular flexibility index (Phi) is 3.85. The summed E-state index contributed by atoms with van der Waals surface area (Å²) in [6.45, 7) is 0.831. The van der Waals surface area contributed by atoms with Crippen LogP contribution in [0, 0.1) is 0 Å². The molecular formula is C10H16N4O4S. The lowest BCUT2D eigenvalue weighted by Gasteiger charge is -2.33. The molecule has 1 aromatic heterocycles.